The van der Waals surface area contributed by atoms with Crippen molar-refractivity contribution in [2.75, 3.05) is 0 Å². The van der Waals surface area contributed by atoms with Crippen molar-refractivity contribution in [3.05, 3.63) is 35.1 Å². The SMILES string of the molecule is CC(=O)N[C@H](C)C(=O)N1C2CCC1CC([C@H](N)Cc1cc(F)c(F)cc1F)C2. The van der Waals surface area contributed by atoms with E-state index in [1.165, 1.54) is 6.92 Å². The lowest BCUT2D eigenvalue weighted by Gasteiger charge is -2.42. The largest absolute Gasteiger partial charge is 0.345 e. The van der Waals surface area contributed by atoms with Crippen LogP contribution < -0.4 is 11.1 Å². The fourth-order valence-electron chi connectivity index (χ4n) is 4.66. The molecule has 154 valence electrons. The van der Waals surface area contributed by atoms with Crippen LogP contribution in [0.3, 0.4) is 0 Å². The molecule has 2 aliphatic heterocycles. The summed E-state index contributed by atoms with van der Waals surface area (Å²) >= 11 is 0. The molecule has 0 spiro atoms. The topological polar surface area (TPSA) is 75.4 Å². The lowest BCUT2D eigenvalue weighted by molar-refractivity contribution is -0.140. The molecule has 2 aliphatic rings. The summed E-state index contributed by atoms with van der Waals surface area (Å²) in [5.74, 6) is -3.39. The van der Waals surface area contributed by atoms with E-state index in [2.05, 4.69) is 5.32 Å². The van der Waals surface area contributed by atoms with E-state index in [4.69, 9.17) is 5.73 Å². The van der Waals surface area contributed by atoms with Gasteiger partial charge in [-0.1, -0.05) is 0 Å². The molecule has 2 fully saturated rings. The molecule has 0 aromatic heterocycles. The van der Waals surface area contributed by atoms with E-state index in [0.717, 1.165) is 18.9 Å². The Hall–Kier alpha value is -2.09. The molecule has 3 N–H and O–H groups in total. The maximum absolute atomic E-state index is 13.9. The Morgan fingerprint density at radius 1 is 1.14 bits per heavy atom. The molecule has 8 heteroatoms. The van der Waals surface area contributed by atoms with E-state index in [0.29, 0.717) is 18.9 Å². The molecule has 2 saturated heterocycles. The standard InChI is InChI=1S/C20H26F3N3O2/c1-10(25-11(2)27)20(28)26-14-3-4-15(26)6-13(5-14)19(24)8-12-7-17(22)18(23)9-16(12)21/h7,9-10,13-15,19H,3-6,8,24H2,1-2H3,(H,25,27)/t10-,13?,14?,15?,19-/m1/s1. The molecule has 1 aromatic rings. The third-order valence-corrected chi connectivity index (χ3v) is 5.96. The number of hydrogen-bond acceptors (Lipinski definition) is 3. The van der Waals surface area contributed by atoms with E-state index in [-0.39, 0.29) is 41.8 Å². The van der Waals surface area contributed by atoms with Gasteiger partial charge in [-0.25, -0.2) is 13.2 Å². The Morgan fingerprint density at radius 2 is 1.71 bits per heavy atom. The van der Waals surface area contributed by atoms with E-state index in [1.54, 1.807) is 6.92 Å². The zero-order valence-corrected chi connectivity index (χ0v) is 16.1. The van der Waals surface area contributed by atoms with E-state index < -0.39 is 29.5 Å². The first kappa shape index (κ1) is 20.6. The zero-order valence-electron chi connectivity index (χ0n) is 16.1. The van der Waals surface area contributed by atoms with Crippen molar-refractivity contribution in [3.63, 3.8) is 0 Å². The van der Waals surface area contributed by atoms with Gasteiger partial charge in [0.2, 0.25) is 11.8 Å². The summed E-state index contributed by atoms with van der Waals surface area (Å²) in [5.41, 5.74) is 6.36. The normalized spacial score (nSPS) is 26.1. The molecular weight excluding hydrogens is 371 g/mol. The van der Waals surface area contributed by atoms with Crippen molar-refractivity contribution in [3.8, 4) is 0 Å². The number of nitrogens with zero attached hydrogens (tertiary/aromatic N) is 1. The van der Waals surface area contributed by atoms with Crippen molar-refractivity contribution in [2.45, 2.75) is 70.1 Å². The Kier molecular flexibility index (Phi) is 5.98. The smallest absolute Gasteiger partial charge is 0.245 e. The molecule has 0 saturated carbocycles. The van der Waals surface area contributed by atoms with Crippen LogP contribution in [0.5, 0.6) is 0 Å². The predicted molar refractivity (Wildman–Crippen MR) is 97.7 cm³/mol. The van der Waals surface area contributed by atoms with Crippen LogP contribution in [0.1, 0.15) is 45.1 Å². The number of halogens is 3. The Bertz CT molecular complexity index is 759. The lowest BCUT2D eigenvalue weighted by atomic mass is 9.82. The van der Waals surface area contributed by atoms with E-state index >= 15 is 0 Å². The first-order valence-electron chi connectivity index (χ1n) is 9.65. The maximum atomic E-state index is 13.9. The second-order valence-corrected chi connectivity index (χ2v) is 8.01. The van der Waals surface area contributed by atoms with Crippen LogP contribution in [0.25, 0.3) is 0 Å². The van der Waals surface area contributed by atoms with Gasteiger partial charge >= 0.3 is 0 Å². The summed E-state index contributed by atoms with van der Waals surface area (Å²) in [6.07, 6.45) is 3.21. The second kappa shape index (κ2) is 8.11. The Balaban J connectivity index is 1.66. The zero-order chi connectivity index (χ0) is 20.6. The molecule has 28 heavy (non-hydrogen) atoms. The quantitative estimate of drug-likeness (QED) is 0.749. The van der Waals surface area contributed by atoms with Gasteiger partial charge in [-0.15, -0.1) is 0 Å². The molecule has 5 nitrogen and oxygen atoms in total. The fraction of sp³-hybridized carbons (Fsp3) is 0.600. The number of nitrogens with two attached hydrogens (primary N) is 1. The van der Waals surface area contributed by atoms with Gasteiger partial charge < -0.3 is 16.0 Å². The minimum absolute atomic E-state index is 0.0355. The van der Waals surface area contributed by atoms with Gasteiger partial charge in [0.05, 0.1) is 0 Å². The van der Waals surface area contributed by atoms with Crippen molar-refractivity contribution in [1.82, 2.24) is 10.2 Å². The summed E-state index contributed by atoms with van der Waals surface area (Å²) < 4.78 is 40.5. The molecule has 2 amide bonds. The van der Waals surface area contributed by atoms with Gasteiger partial charge in [-0.3, -0.25) is 9.59 Å². The summed E-state index contributed by atoms with van der Waals surface area (Å²) in [7, 11) is 0. The summed E-state index contributed by atoms with van der Waals surface area (Å²) in [6, 6.07) is 0.495. The lowest BCUT2D eigenvalue weighted by Crippen LogP contribution is -2.55. The average molecular weight is 397 g/mol. The monoisotopic (exact) mass is 397 g/mol. The summed E-state index contributed by atoms with van der Waals surface area (Å²) in [6.45, 7) is 3.05. The number of carbonyl (C=O) groups is 2. The highest BCUT2D eigenvalue weighted by Gasteiger charge is 2.45. The molecule has 2 bridgehead atoms. The highest BCUT2D eigenvalue weighted by molar-refractivity contribution is 5.87. The summed E-state index contributed by atoms with van der Waals surface area (Å²) in [5, 5.41) is 2.63. The van der Waals surface area contributed by atoms with Gasteiger partial charge in [0.15, 0.2) is 11.6 Å². The van der Waals surface area contributed by atoms with Crippen LogP contribution in [0, 0.1) is 23.4 Å². The van der Waals surface area contributed by atoms with Crippen LogP contribution in [0.2, 0.25) is 0 Å². The number of piperidine rings is 1. The molecule has 2 heterocycles. The minimum Gasteiger partial charge on any atom is -0.345 e. The van der Waals surface area contributed by atoms with Gasteiger partial charge in [0.1, 0.15) is 11.9 Å². The van der Waals surface area contributed by atoms with Crippen molar-refractivity contribution in [2.24, 2.45) is 11.7 Å². The highest BCUT2D eigenvalue weighted by Crippen LogP contribution is 2.40. The van der Waals surface area contributed by atoms with Crippen molar-refractivity contribution >= 4 is 11.8 Å². The van der Waals surface area contributed by atoms with Crippen LogP contribution in [0.15, 0.2) is 12.1 Å². The van der Waals surface area contributed by atoms with Gasteiger partial charge in [-0.2, -0.15) is 0 Å². The minimum atomic E-state index is -1.21. The first-order valence-corrected chi connectivity index (χ1v) is 9.65. The van der Waals surface area contributed by atoms with E-state index in [9.17, 15) is 22.8 Å². The Labute approximate surface area is 162 Å². The van der Waals surface area contributed by atoms with Gasteiger partial charge in [-0.05, 0) is 56.6 Å². The molecule has 4 atom stereocenters. The van der Waals surface area contributed by atoms with Crippen molar-refractivity contribution in [1.29, 1.82) is 0 Å². The summed E-state index contributed by atoms with van der Waals surface area (Å²) in [4.78, 5) is 25.8. The van der Waals surface area contributed by atoms with Crippen LogP contribution in [-0.2, 0) is 16.0 Å². The number of benzene rings is 1. The number of hydrogen-bond donors (Lipinski definition) is 2. The number of nitrogens with one attached hydrogen (secondary N) is 1. The van der Waals surface area contributed by atoms with Crippen LogP contribution in [0.4, 0.5) is 13.2 Å². The number of amides is 2. The van der Waals surface area contributed by atoms with Gasteiger partial charge in [0.25, 0.3) is 0 Å². The molecule has 3 rings (SSSR count). The molecular formula is C20H26F3N3O2. The van der Waals surface area contributed by atoms with Crippen molar-refractivity contribution < 1.29 is 22.8 Å². The van der Waals surface area contributed by atoms with Crippen LogP contribution >= 0.6 is 0 Å². The Morgan fingerprint density at radius 3 is 2.29 bits per heavy atom. The molecule has 0 radical (unpaired) electrons. The molecule has 0 aliphatic carbocycles. The molecule has 1 aromatic carbocycles. The predicted octanol–water partition coefficient (Wildman–Crippen LogP) is 2.27. The highest BCUT2D eigenvalue weighted by atomic mass is 19.2. The number of fused-ring (bicyclic) bond motifs is 2. The van der Waals surface area contributed by atoms with E-state index in [1.807, 2.05) is 4.90 Å². The number of rotatable bonds is 5. The average Bonchev–Trinajstić information content (AvgIpc) is 2.87. The second-order valence-electron chi connectivity index (χ2n) is 8.01. The number of carbonyl (C=O) groups excluding carboxylic acids is 2. The third-order valence-electron chi connectivity index (χ3n) is 5.96. The van der Waals surface area contributed by atoms with Gasteiger partial charge in [0, 0.05) is 31.1 Å². The molecule has 2 unspecified atom stereocenters. The fourth-order valence-corrected chi connectivity index (χ4v) is 4.66. The third kappa shape index (κ3) is 4.16. The maximum Gasteiger partial charge on any atom is 0.245 e. The first-order chi connectivity index (χ1) is 13.2. The van der Waals surface area contributed by atoms with Crippen LogP contribution in [-0.4, -0.2) is 40.9 Å².